The number of carbonyl (C=O) groups is 3. The standard InChI is InChI=1S/C59H114O6/c1-7-55(6)47-41-35-29-23-19-20-25-31-37-43-49-58(61)64-52-56(51-63-57(60)48-42-36-30-24-17-14-13-16-22-28-34-40-46-54(4)5)65-59(62)50-44-38-32-26-18-12-10-8-9-11-15-21-27-33-39-45-53(2)3/h53-56H,7-52H2,1-6H3/t55?,56-/m0/s1. The minimum Gasteiger partial charge on any atom is -0.462 e. The first kappa shape index (κ1) is 63.4. The van der Waals surface area contributed by atoms with Crippen molar-refractivity contribution in [3.05, 3.63) is 0 Å². The van der Waals surface area contributed by atoms with E-state index in [-0.39, 0.29) is 31.1 Å². The van der Waals surface area contributed by atoms with Gasteiger partial charge in [0.05, 0.1) is 0 Å². The van der Waals surface area contributed by atoms with Crippen molar-refractivity contribution in [1.82, 2.24) is 0 Å². The van der Waals surface area contributed by atoms with Crippen LogP contribution in [0.3, 0.4) is 0 Å². The molecule has 0 aromatic carbocycles. The number of hydrogen-bond donors (Lipinski definition) is 0. The molecule has 0 saturated heterocycles. The van der Waals surface area contributed by atoms with Crippen molar-refractivity contribution in [3.8, 4) is 0 Å². The van der Waals surface area contributed by atoms with Gasteiger partial charge in [0.1, 0.15) is 13.2 Å². The van der Waals surface area contributed by atoms with Crippen LogP contribution in [0.25, 0.3) is 0 Å². The van der Waals surface area contributed by atoms with Gasteiger partial charge >= 0.3 is 17.9 Å². The second-order valence-corrected chi connectivity index (χ2v) is 21.5. The zero-order valence-electron chi connectivity index (χ0n) is 44.8. The lowest BCUT2D eigenvalue weighted by Gasteiger charge is -2.18. The van der Waals surface area contributed by atoms with Crippen LogP contribution in [-0.4, -0.2) is 37.2 Å². The maximum absolute atomic E-state index is 12.9. The molecule has 0 aromatic rings. The third kappa shape index (κ3) is 51.6. The monoisotopic (exact) mass is 919 g/mol. The summed E-state index contributed by atoms with van der Waals surface area (Å²) in [6.45, 7) is 13.8. The van der Waals surface area contributed by atoms with E-state index in [1.807, 2.05) is 0 Å². The molecule has 0 heterocycles. The second-order valence-electron chi connectivity index (χ2n) is 21.5. The van der Waals surface area contributed by atoms with E-state index in [0.29, 0.717) is 19.3 Å². The molecular formula is C59H114O6. The molecule has 0 rings (SSSR count). The van der Waals surface area contributed by atoms with Crippen LogP contribution in [0, 0.1) is 17.8 Å². The number of carbonyl (C=O) groups excluding carboxylic acids is 3. The van der Waals surface area contributed by atoms with Crippen LogP contribution >= 0.6 is 0 Å². The number of hydrogen-bond acceptors (Lipinski definition) is 6. The van der Waals surface area contributed by atoms with E-state index in [4.69, 9.17) is 14.2 Å². The predicted octanol–water partition coefficient (Wildman–Crippen LogP) is 19.1. The van der Waals surface area contributed by atoms with Crippen molar-refractivity contribution in [2.75, 3.05) is 13.2 Å². The Bertz CT molecular complexity index is 1010. The Labute approximate surface area is 406 Å². The van der Waals surface area contributed by atoms with Crippen LogP contribution in [0.1, 0.15) is 324 Å². The Morgan fingerprint density at radius 2 is 0.538 bits per heavy atom. The van der Waals surface area contributed by atoms with Gasteiger partial charge in [-0.2, -0.15) is 0 Å². The molecule has 1 unspecified atom stereocenters. The highest BCUT2D eigenvalue weighted by Gasteiger charge is 2.19. The van der Waals surface area contributed by atoms with Crippen molar-refractivity contribution in [2.45, 2.75) is 330 Å². The summed E-state index contributed by atoms with van der Waals surface area (Å²) in [5, 5.41) is 0. The van der Waals surface area contributed by atoms with Gasteiger partial charge in [-0.15, -0.1) is 0 Å². The molecular weight excluding hydrogens is 805 g/mol. The zero-order chi connectivity index (χ0) is 47.7. The SMILES string of the molecule is CCC(C)CCCCCCCCCCCCC(=O)OC[C@H](COC(=O)CCCCCCCCCCCCCCC(C)C)OC(=O)CCCCCCCCCCCCCCCCCC(C)C. The molecule has 0 saturated carbocycles. The lowest BCUT2D eigenvalue weighted by molar-refractivity contribution is -0.167. The van der Waals surface area contributed by atoms with E-state index in [2.05, 4.69) is 41.5 Å². The Balaban J connectivity index is 4.31. The molecule has 2 atom stereocenters. The van der Waals surface area contributed by atoms with E-state index in [9.17, 15) is 14.4 Å². The summed E-state index contributed by atoms with van der Waals surface area (Å²) in [5.41, 5.74) is 0. The van der Waals surface area contributed by atoms with E-state index in [0.717, 1.165) is 75.5 Å². The zero-order valence-corrected chi connectivity index (χ0v) is 44.8. The molecule has 6 nitrogen and oxygen atoms in total. The third-order valence-corrected chi connectivity index (χ3v) is 13.8. The predicted molar refractivity (Wildman–Crippen MR) is 279 cm³/mol. The lowest BCUT2D eigenvalue weighted by atomic mass is 9.99. The summed E-state index contributed by atoms with van der Waals surface area (Å²) >= 11 is 0. The Morgan fingerprint density at radius 3 is 0.800 bits per heavy atom. The first-order valence-corrected chi connectivity index (χ1v) is 29.1. The molecule has 0 aliphatic rings. The molecule has 0 aromatic heterocycles. The molecule has 0 radical (unpaired) electrons. The third-order valence-electron chi connectivity index (χ3n) is 13.8. The first-order chi connectivity index (χ1) is 31.6. The van der Waals surface area contributed by atoms with Crippen LogP contribution in [0.15, 0.2) is 0 Å². The van der Waals surface area contributed by atoms with Crippen molar-refractivity contribution >= 4 is 17.9 Å². The summed E-state index contributed by atoms with van der Waals surface area (Å²) in [6.07, 6.45) is 52.3. The van der Waals surface area contributed by atoms with Gasteiger partial charge in [0.15, 0.2) is 6.10 Å². The average molecular weight is 920 g/mol. The minimum atomic E-state index is -0.764. The normalized spacial score (nSPS) is 12.6. The number of ether oxygens (including phenoxy) is 3. The van der Waals surface area contributed by atoms with Crippen LogP contribution in [0.5, 0.6) is 0 Å². The highest BCUT2D eigenvalue weighted by atomic mass is 16.6. The Hall–Kier alpha value is -1.59. The Kier molecular flexibility index (Phi) is 49.1. The molecule has 0 aliphatic carbocycles. The molecule has 0 amide bonds. The fourth-order valence-corrected chi connectivity index (χ4v) is 8.97. The summed E-state index contributed by atoms with van der Waals surface area (Å²) < 4.78 is 16.9. The minimum absolute atomic E-state index is 0.0636. The fourth-order valence-electron chi connectivity index (χ4n) is 8.97. The van der Waals surface area contributed by atoms with Crippen molar-refractivity contribution in [2.24, 2.45) is 17.8 Å². The molecule has 0 fully saturated rings. The second kappa shape index (κ2) is 50.3. The molecule has 386 valence electrons. The molecule has 6 heteroatoms. The average Bonchev–Trinajstić information content (AvgIpc) is 3.28. The van der Waals surface area contributed by atoms with Gasteiger partial charge in [-0.3, -0.25) is 14.4 Å². The molecule has 65 heavy (non-hydrogen) atoms. The maximum Gasteiger partial charge on any atom is 0.306 e. The van der Waals surface area contributed by atoms with Crippen molar-refractivity contribution in [1.29, 1.82) is 0 Å². The molecule has 0 N–H and O–H groups in total. The quantitative estimate of drug-likeness (QED) is 0.0344. The smallest absolute Gasteiger partial charge is 0.306 e. The number of unbranched alkanes of at least 4 members (excludes halogenated alkanes) is 34. The highest BCUT2D eigenvalue weighted by Crippen LogP contribution is 2.19. The van der Waals surface area contributed by atoms with Gasteiger partial charge < -0.3 is 14.2 Å². The van der Waals surface area contributed by atoms with Crippen molar-refractivity contribution in [3.63, 3.8) is 0 Å². The van der Waals surface area contributed by atoms with Crippen LogP contribution in [-0.2, 0) is 28.6 Å². The first-order valence-electron chi connectivity index (χ1n) is 29.1. The Morgan fingerprint density at radius 1 is 0.308 bits per heavy atom. The summed E-state index contributed by atoms with van der Waals surface area (Å²) in [5.74, 6) is 1.71. The van der Waals surface area contributed by atoms with E-state index in [1.165, 1.54) is 205 Å². The van der Waals surface area contributed by atoms with Gasteiger partial charge in [-0.05, 0) is 37.0 Å². The van der Waals surface area contributed by atoms with Crippen LogP contribution in [0.4, 0.5) is 0 Å². The van der Waals surface area contributed by atoms with Crippen LogP contribution in [0.2, 0.25) is 0 Å². The summed E-state index contributed by atoms with van der Waals surface area (Å²) in [7, 11) is 0. The molecule has 0 aliphatic heterocycles. The fraction of sp³-hybridized carbons (Fsp3) is 0.949. The topological polar surface area (TPSA) is 78.9 Å². The van der Waals surface area contributed by atoms with E-state index < -0.39 is 6.10 Å². The van der Waals surface area contributed by atoms with Gasteiger partial charge in [-0.25, -0.2) is 0 Å². The maximum atomic E-state index is 12.9. The van der Waals surface area contributed by atoms with Crippen molar-refractivity contribution < 1.29 is 28.6 Å². The summed E-state index contributed by atoms with van der Waals surface area (Å²) in [6, 6.07) is 0. The highest BCUT2D eigenvalue weighted by molar-refractivity contribution is 5.71. The molecule has 0 spiro atoms. The van der Waals surface area contributed by atoms with Crippen LogP contribution < -0.4 is 0 Å². The lowest BCUT2D eigenvalue weighted by Crippen LogP contribution is -2.30. The van der Waals surface area contributed by atoms with Gasteiger partial charge in [0.2, 0.25) is 0 Å². The largest absolute Gasteiger partial charge is 0.462 e. The summed E-state index contributed by atoms with van der Waals surface area (Å²) in [4.78, 5) is 38.2. The van der Waals surface area contributed by atoms with Gasteiger partial charge in [0, 0.05) is 19.3 Å². The van der Waals surface area contributed by atoms with E-state index >= 15 is 0 Å². The molecule has 0 bridgehead atoms. The number of rotatable bonds is 52. The van der Waals surface area contributed by atoms with Gasteiger partial charge in [0.25, 0.3) is 0 Å². The number of esters is 3. The van der Waals surface area contributed by atoms with E-state index in [1.54, 1.807) is 0 Å². The van der Waals surface area contributed by atoms with Gasteiger partial charge in [-0.1, -0.05) is 286 Å².